The van der Waals surface area contributed by atoms with Crippen LogP contribution >= 0.6 is 0 Å². The van der Waals surface area contributed by atoms with E-state index in [2.05, 4.69) is 23.8 Å². The number of rotatable bonds is 5. The molecular formula is C5H14N2Si. The minimum absolute atomic E-state index is 0.147. The van der Waals surface area contributed by atoms with Crippen molar-refractivity contribution in [1.29, 1.82) is 0 Å². The molecule has 0 heterocycles. The summed E-state index contributed by atoms with van der Waals surface area (Å²) in [5, 5.41) is 3.16. The zero-order chi connectivity index (χ0) is 6.24. The lowest BCUT2D eigenvalue weighted by atomic mass is 10.8. The topological polar surface area (TPSA) is 24.1 Å². The second kappa shape index (κ2) is 6.88. The SMILES string of the molecule is C=C[SiH2]NCNCC. The predicted molar refractivity (Wildman–Crippen MR) is 40.4 cm³/mol. The molecule has 0 atom stereocenters. The zero-order valence-corrected chi connectivity index (χ0v) is 6.82. The molecule has 0 bridgehead atoms. The van der Waals surface area contributed by atoms with Crippen molar-refractivity contribution in [3.63, 3.8) is 0 Å². The van der Waals surface area contributed by atoms with Crippen molar-refractivity contribution in [3.05, 3.63) is 12.3 Å². The van der Waals surface area contributed by atoms with Gasteiger partial charge in [-0.05, 0) is 6.54 Å². The first-order chi connectivity index (χ1) is 3.91. The molecule has 0 saturated carbocycles. The van der Waals surface area contributed by atoms with Crippen LogP contribution in [0.1, 0.15) is 6.92 Å². The summed E-state index contributed by atoms with van der Waals surface area (Å²) in [6, 6.07) is 0. The van der Waals surface area contributed by atoms with Crippen molar-refractivity contribution in [2.45, 2.75) is 6.92 Å². The van der Waals surface area contributed by atoms with Gasteiger partial charge in [-0.1, -0.05) is 12.6 Å². The van der Waals surface area contributed by atoms with Crippen LogP contribution in [-0.2, 0) is 0 Å². The maximum absolute atomic E-state index is 3.63. The molecular weight excluding hydrogens is 116 g/mol. The van der Waals surface area contributed by atoms with Crippen LogP contribution < -0.4 is 10.3 Å². The molecule has 0 fully saturated rings. The largest absolute Gasteiger partial charge is 0.327 e. The van der Waals surface area contributed by atoms with E-state index >= 15 is 0 Å². The Morgan fingerprint density at radius 2 is 2.50 bits per heavy atom. The molecule has 0 radical (unpaired) electrons. The molecule has 2 N–H and O–H groups in total. The van der Waals surface area contributed by atoms with Crippen LogP contribution in [0.15, 0.2) is 12.3 Å². The summed E-state index contributed by atoms with van der Waals surface area (Å²) < 4.78 is 0. The van der Waals surface area contributed by atoms with E-state index in [1.54, 1.807) is 0 Å². The summed E-state index contributed by atoms with van der Waals surface area (Å²) in [4.78, 5) is 3.25. The first-order valence-corrected chi connectivity index (χ1v) is 4.46. The fraction of sp³-hybridized carbons (Fsp3) is 0.600. The Bertz CT molecular complexity index is 56.4. The molecule has 3 heteroatoms. The molecule has 0 aliphatic carbocycles. The van der Waals surface area contributed by atoms with E-state index in [9.17, 15) is 0 Å². The van der Waals surface area contributed by atoms with Crippen LogP contribution in [0.3, 0.4) is 0 Å². The molecule has 48 valence electrons. The highest BCUT2D eigenvalue weighted by atomic mass is 28.2. The summed E-state index contributed by atoms with van der Waals surface area (Å²) in [5.74, 6) is 0. The average molecular weight is 130 g/mol. The third-order valence-electron chi connectivity index (χ3n) is 0.789. The van der Waals surface area contributed by atoms with Crippen LogP contribution in [0.4, 0.5) is 0 Å². The third kappa shape index (κ3) is 5.88. The zero-order valence-electron chi connectivity index (χ0n) is 5.41. The van der Waals surface area contributed by atoms with Gasteiger partial charge in [0.25, 0.3) is 0 Å². The quantitative estimate of drug-likeness (QED) is 0.294. The Balaban J connectivity index is 2.62. The highest BCUT2D eigenvalue weighted by molar-refractivity contribution is 6.38. The molecule has 0 aromatic carbocycles. The highest BCUT2D eigenvalue weighted by Crippen LogP contribution is 1.52. The van der Waals surface area contributed by atoms with E-state index in [0.717, 1.165) is 13.2 Å². The second-order valence-electron chi connectivity index (χ2n) is 1.52. The molecule has 0 rings (SSSR count). The lowest BCUT2D eigenvalue weighted by molar-refractivity contribution is 0.705. The van der Waals surface area contributed by atoms with Crippen LogP contribution in [0.5, 0.6) is 0 Å². The summed E-state index contributed by atoms with van der Waals surface area (Å²) in [6.45, 7) is 7.70. The van der Waals surface area contributed by atoms with E-state index in [4.69, 9.17) is 0 Å². The van der Waals surface area contributed by atoms with Crippen molar-refractivity contribution in [2.75, 3.05) is 13.2 Å². The van der Waals surface area contributed by atoms with Crippen molar-refractivity contribution >= 4 is 9.68 Å². The van der Waals surface area contributed by atoms with E-state index in [-0.39, 0.29) is 9.68 Å². The monoisotopic (exact) mass is 130 g/mol. The van der Waals surface area contributed by atoms with Gasteiger partial charge in [-0.3, -0.25) is 0 Å². The van der Waals surface area contributed by atoms with Gasteiger partial charge in [-0.15, -0.1) is 6.58 Å². The van der Waals surface area contributed by atoms with E-state index < -0.39 is 0 Å². The van der Waals surface area contributed by atoms with Gasteiger partial charge in [-0.2, -0.15) is 0 Å². The number of hydrogen-bond acceptors (Lipinski definition) is 2. The standard InChI is InChI=1S/C5H14N2Si/c1-3-6-5-7-8-4-2/h4,6-7H,2-3,5,8H2,1H3. The molecule has 0 amide bonds. The van der Waals surface area contributed by atoms with Gasteiger partial charge in [0, 0.05) is 6.67 Å². The lowest BCUT2D eigenvalue weighted by Crippen LogP contribution is -2.30. The average Bonchev–Trinajstić information content (AvgIpc) is 1.81. The van der Waals surface area contributed by atoms with Crippen LogP contribution in [0.25, 0.3) is 0 Å². The van der Waals surface area contributed by atoms with Crippen molar-refractivity contribution < 1.29 is 0 Å². The van der Waals surface area contributed by atoms with Gasteiger partial charge >= 0.3 is 0 Å². The van der Waals surface area contributed by atoms with E-state index in [1.165, 1.54) is 0 Å². The van der Waals surface area contributed by atoms with Crippen molar-refractivity contribution in [1.82, 2.24) is 10.3 Å². The third-order valence-corrected chi connectivity index (χ3v) is 1.62. The lowest BCUT2D eigenvalue weighted by Gasteiger charge is -1.98. The van der Waals surface area contributed by atoms with Gasteiger partial charge in [-0.25, -0.2) is 0 Å². The molecule has 0 saturated heterocycles. The maximum Gasteiger partial charge on any atom is 0.117 e. The maximum atomic E-state index is 3.63. The molecule has 0 aromatic heterocycles. The summed E-state index contributed by atoms with van der Waals surface area (Å²) >= 11 is 0. The molecule has 0 unspecified atom stereocenters. The number of hydrogen-bond donors (Lipinski definition) is 2. The normalized spacial score (nSPS) is 10.6. The van der Waals surface area contributed by atoms with Crippen molar-refractivity contribution in [2.24, 2.45) is 0 Å². The van der Waals surface area contributed by atoms with Crippen LogP contribution in [0.2, 0.25) is 0 Å². The van der Waals surface area contributed by atoms with Gasteiger partial charge in [0.2, 0.25) is 0 Å². The number of nitrogens with one attached hydrogen (secondary N) is 2. The Kier molecular flexibility index (Phi) is 6.77. The Hall–Kier alpha value is -0.123. The second-order valence-corrected chi connectivity index (χ2v) is 3.01. The Morgan fingerprint density at radius 3 is 3.00 bits per heavy atom. The van der Waals surface area contributed by atoms with Gasteiger partial charge in [0.15, 0.2) is 0 Å². The molecule has 0 aliphatic rings. The summed E-state index contributed by atoms with van der Waals surface area (Å²) in [6.07, 6.45) is 0. The van der Waals surface area contributed by atoms with Gasteiger partial charge in [0.05, 0.1) is 0 Å². The minimum atomic E-state index is -0.147. The molecule has 0 aromatic rings. The first kappa shape index (κ1) is 7.88. The Labute approximate surface area is 53.3 Å². The molecule has 8 heavy (non-hydrogen) atoms. The fourth-order valence-corrected chi connectivity index (χ4v) is 0.913. The smallest absolute Gasteiger partial charge is 0.117 e. The summed E-state index contributed by atoms with van der Waals surface area (Å²) in [5.41, 5.74) is 1.98. The molecule has 0 spiro atoms. The van der Waals surface area contributed by atoms with Crippen LogP contribution in [-0.4, -0.2) is 22.9 Å². The van der Waals surface area contributed by atoms with Gasteiger partial charge < -0.3 is 10.3 Å². The van der Waals surface area contributed by atoms with Crippen LogP contribution in [0, 0.1) is 0 Å². The fourth-order valence-electron chi connectivity index (χ4n) is 0.388. The highest BCUT2D eigenvalue weighted by Gasteiger charge is 1.76. The van der Waals surface area contributed by atoms with E-state index in [1.807, 2.05) is 5.70 Å². The van der Waals surface area contributed by atoms with Gasteiger partial charge in [0.1, 0.15) is 9.68 Å². The van der Waals surface area contributed by atoms with Crippen molar-refractivity contribution in [3.8, 4) is 0 Å². The first-order valence-electron chi connectivity index (χ1n) is 2.94. The summed E-state index contributed by atoms with van der Waals surface area (Å²) in [7, 11) is -0.147. The molecule has 0 aliphatic heterocycles. The Morgan fingerprint density at radius 1 is 1.75 bits per heavy atom. The minimum Gasteiger partial charge on any atom is -0.327 e. The predicted octanol–water partition coefficient (Wildman–Crippen LogP) is -0.630. The molecule has 2 nitrogen and oxygen atoms in total. The van der Waals surface area contributed by atoms with E-state index in [0.29, 0.717) is 0 Å².